The summed E-state index contributed by atoms with van der Waals surface area (Å²) < 4.78 is 6.21. The second kappa shape index (κ2) is 10.4. The average molecular weight is 548 g/mol. The molecule has 0 aliphatic heterocycles. The van der Waals surface area contributed by atoms with Crippen molar-refractivity contribution in [1.82, 2.24) is 25.8 Å². The molecule has 8 nitrogen and oxygen atoms in total. The molecule has 3 aromatic carbocycles. The molecule has 41 heavy (non-hydrogen) atoms. The highest BCUT2D eigenvalue weighted by Gasteiger charge is 2.49. The molecule has 6 rings (SSSR count). The van der Waals surface area contributed by atoms with E-state index in [2.05, 4.69) is 32.7 Å². The Kier molecular flexibility index (Phi) is 6.69. The summed E-state index contributed by atoms with van der Waals surface area (Å²) in [6, 6.07) is 19.4. The lowest BCUT2D eigenvalue weighted by Crippen LogP contribution is -2.35. The van der Waals surface area contributed by atoms with Gasteiger partial charge in [-0.25, -0.2) is 4.98 Å². The lowest BCUT2D eigenvalue weighted by molar-refractivity contribution is 0.0927. The van der Waals surface area contributed by atoms with Crippen LogP contribution in [0.2, 0.25) is 0 Å². The minimum Gasteiger partial charge on any atom is -0.455 e. The summed E-state index contributed by atoms with van der Waals surface area (Å²) in [7, 11) is 1.62. The van der Waals surface area contributed by atoms with Gasteiger partial charge < -0.3 is 15.1 Å². The molecule has 0 spiro atoms. The average Bonchev–Trinajstić information content (AvgIpc) is 3.42. The van der Waals surface area contributed by atoms with Gasteiger partial charge in [0.05, 0.1) is 5.56 Å². The van der Waals surface area contributed by atoms with E-state index in [0.717, 1.165) is 64.7 Å². The summed E-state index contributed by atoms with van der Waals surface area (Å²) in [5.41, 5.74) is 5.94. The number of aryl methyl sites for hydroxylation is 3. The minimum atomic E-state index is -0.519. The Hall–Kier alpha value is -4.72. The molecule has 8 heteroatoms. The number of benzene rings is 3. The molecule has 1 fully saturated rings. The van der Waals surface area contributed by atoms with Crippen molar-refractivity contribution in [3.05, 3.63) is 94.6 Å². The molecule has 0 saturated heterocycles. The van der Waals surface area contributed by atoms with Gasteiger partial charge in [0, 0.05) is 30.0 Å². The van der Waals surface area contributed by atoms with Crippen LogP contribution in [0.15, 0.2) is 65.1 Å². The van der Waals surface area contributed by atoms with Gasteiger partial charge in [0.2, 0.25) is 0 Å². The van der Waals surface area contributed by atoms with Crippen LogP contribution in [-0.4, -0.2) is 34.0 Å². The first-order chi connectivity index (χ1) is 19.8. The van der Waals surface area contributed by atoms with Gasteiger partial charge in [-0.1, -0.05) is 48.9 Å². The molecule has 0 radical (unpaired) electrons. The van der Waals surface area contributed by atoms with Gasteiger partial charge in [0.25, 0.3) is 11.8 Å². The van der Waals surface area contributed by atoms with E-state index in [1.54, 1.807) is 7.05 Å². The van der Waals surface area contributed by atoms with Crippen LogP contribution in [0.4, 0.5) is 0 Å². The van der Waals surface area contributed by atoms with E-state index in [4.69, 9.17) is 4.42 Å². The van der Waals surface area contributed by atoms with Crippen LogP contribution in [0.3, 0.4) is 0 Å². The third kappa shape index (κ3) is 4.90. The third-order valence-corrected chi connectivity index (χ3v) is 7.82. The summed E-state index contributed by atoms with van der Waals surface area (Å²) in [4.78, 5) is 31.1. The molecule has 5 aromatic rings. The largest absolute Gasteiger partial charge is 0.455 e. The predicted molar refractivity (Wildman–Crippen MR) is 159 cm³/mol. The quantitative estimate of drug-likeness (QED) is 0.213. The van der Waals surface area contributed by atoms with Crippen LogP contribution in [0.1, 0.15) is 69.7 Å². The first-order valence-electron chi connectivity index (χ1n) is 14.0. The van der Waals surface area contributed by atoms with Crippen molar-refractivity contribution in [1.29, 1.82) is 0 Å². The molecule has 0 unspecified atom stereocenters. The topological polar surface area (TPSA) is 113 Å². The summed E-state index contributed by atoms with van der Waals surface area (Å²) in [5, 5.41) is 14.1. The number of carbonyl (C=O) groups is 2. The van der Waals surface area contributed by atoms with Crippen molar-refractivity contribution >= 4 is 22.8 Å². The fraction of sp³-hybridized carbons (Fsp3) is 0.273. The first-order valence-corrected chi connectivity index (χ1v) is 14.0. The number of nitrogens with one attached hydrogen (secondary N) is 3. The number of carbonyl (C=O) groups excluding carboxylic acids is 2. The van der Waals surface area contributed by atoms with Gasteiger partial charge in [-0.2, -0.15) is 5.10 Å². The lowest BCUT2D eigenvalue weighted by atomic mass is 9.95. The molecule has 1 aliphatic rings. The molecule has 0 bridgehead atoms. The van der Waals surface area contributed by atoms with Crippen LogP contribution in [0.5, 0.6) is 0 Å². The van der Waals surface area contributed by atoms with Gasteiger partial charge in [0.1, 0.15) is 22.7 Å². The monoisotopic (exact) mass is 547 g/mol. The molecule has 3 N–H and O–H groups in total. The summed E-state index contributed by atoms with van der Waals surface area (Å²) >= 11 is 0. The normalized spacial score (nSPS) is 13.8. The second-order valence-corrected chi connectivity index (χ2v) is 10.9. The van der Waals surface area contributed by atoms with Gasteiger partial charge in [0.15, 0.2) is 5.82 Å². The summed E-state index contributed by atoms with van der Waals surface area (Å²) in [6.07, 6.45) is 3.42. The SMILES string of the molecule is CCCc1nc(C2(NC(=O)c3ccc(C)c(-c4ccc5oc(-c6ccc(C)cc6)c(C(=O)NC)c5c4)c3)CC2)n[nH]1. The highest BCUT2D eigenvalue weighted by atomic mass is 16.3. The molecular formula is C33H33N5O3. The van der Waals surface area contributed by atoms with E-state index in [1.807, 2.05) is 74.5 Å². The lowest BCUT2D eigenvalue weighted by Gasteiger charge is -2.15. The summed E-state index contributed by atoms with van der Waals surface area (Å²) in [6.45, 7) is 6.13. The highest BCUT2D eigenvalue weighted by molar-refractivity contribution is 6.12. The number of H-pyrrole nitrogens is 1. The van der Waals surface area contributed by atoms with E-state index in [1.165, 1.54) is 0 Å². The maximum Gasteiger partial charge on any atom is 0.255 e. The number of fused-ring (bicyclic) bond motifs is 1. The fourth-order valence-electron chi connectivity index (χ4n) is 5.27. The van der Waals surface area contributed by atoms with E-state index < -0.39 is 5.54 Å². The molecule has 2 amide bonds. The zero-order valence-electron chi connectivity index (χ0n) is 23.7. The number of rotatable bonds is 8. The Morgan fingerprint density at radius 2 is 1.73 bits per heavy atom. The molecule has 2 aromatic heterocycles. The number of aromatic nitrogens is 3. The highest BCUT2D eigenvalue weighted by Crippen LogP contribution is 2.44. The molecule has 0 atom stereocenters. The van der Waals surface area contributed by atoms with Crippen LogP contribution in [0.25, 0.3) is 33.4 Å². The maximum absolute atomic E-state index is 13.4. The fourth-order valence-corrected chi connectivity index (χ4v) is 5.27. The summed E-state index contributed by atoms with van der Waals surface area (Å²) in [5.74, 6) is 1.65. The molecular weight excluding hydrogens is 514 g/mol. The Bertz CT molecular complexity index is 1780. The van der Waals surface area contributed by atoms with Crippen LogP contribution in [0, 0.1) is 13.8 Å². The number of hydrogen-bond donors (Lipinski definition) is 3. The predicted octanol–water partition coefficient (Wildman–Crippen LogP) is 6.23. The molecule has 1 saturated carbocycles. The maximum atomic E-state index is 13.4. The Morgan fingerprint density at radius 3 is 2.44 bits per heavy atom. The molecule has 1 aliphatic carbocycles. The van der Waals surface area contributed by atoms with E-state index in [-0.39, 0.29) is 11.8 Å². The van der Waals surface area contributed by atoms with E-state index in [9.17, 15) is 9.59 Å². The number of hydrogen-bond acceptors (Lipinski definition) is 5. The van der Waals surface area contributed by atoms with Crippen LogP contribution in [-0.2, 0) is 12.0 Å². The molecule has 2 heterocycles. The minimum absolute atomic E-state index is 0.164. The Balaban J connectivity index is 1.35. The molecule has 208 valence electrons. The standard InChI is InChI=1S/C33H33N5O3/c1-5-6-27-35-32(38-37-27)33(15-16-33)36-30(39)23-12-9-20(3)24(18-23)22-13-14-26-25(17-22)28(31(40)34-4)29(41-26)21-10-7-19(2)8-11-21/h7-14,17-18H,5-6,15-16H2,1-4H3,(H,34,40)(H,36,39)(H,35,37,38). The van der Waals surface area contributed by atoms with Gasteiger partial charge in [-0.3, -0.25) is 14.7 Å². The van der Waals surface area contributed by atoms with Crippen LogP contribution >= 0.6 is 0 Å². The second-order valence-electron chi connectivity index (χ2n) is 10.9. The number of amides is 2. The van der Waals surface area contributed by atoms with E-state index in [0.29, 0.717) is 28.3 Å². The van der Waals surface area contributed by atoms with Crippen molar-refractivity contribution in [3.8, 4) is 22.5 Å². The third-order valence-electron chi connectivity index (χ3n) is 7.82. The van der Waals surface area contributed by atoms with Crippen molar-refractivity contribution in [2.75, 3.05) is 7.05 Å². The van der Waals surface area contributed by atoms with Crippen molar-refractivity contribution in [2.24, 2.45) is 0 Å². The van der Waals surface area contributed by atoms with E-state index >= 15 is 0 Å². The van der Waals surface area contributed by atoms with Gasteiger partial charge >= 0.3 is 0 Å². The Morgan fingerprint density at radius 1 is 0.976 bits per heavy atom. The number of furan rings is 1. The zero-order chi connectivity index (χ0) is 28.7. The van der Waals surface area contributed by atoms with Crippen molar-refractivity contribution < 1.29 is 14.0 Å². The smallest absolute Gasteiger partial charge is 0.255 e. The van der Waals surface area contributed by atoms with Gasteiger partial charge in [-0.15, -0.1) is 0 Å². The van der Waals surface area contributed by atoms with Crippen molar-refractivity contribution in [2.45, 2.75) is 52.0 Å². The van der Waals surface area contributed by atoms with Crippen LogP contribution < -0.4 is 10.6 Å². The van der Waals surface area contributed by atoms with Crippen molar-refractivity contribution in [3.63, 3.8) is 0 Å². The van der Waals surface area contributed by atoms with Gasteiger partial charge in [-0.05, 0) is 74.1 Å². The Labute approximate surface area is 238 Å². The zero-order valence-corrected chi connectivity index (χ0v) is 23.7. The number of aromatic amines is 1. The number of nitrogens with zero attached hydrogens (tertiary/aromatic N) is 2. The first kappa shape index (κ1) is 26.5.